The van der Waals surface area contributed by atoms with Gasteiger partial charge in [0.05, 0.1) is 15.5 Å². The van der Waals surface area contributed by atoms with Gasteiger partial charge in [-0.1, -0.05) is 18.3 Å². The second-order valence-electron chi connectivity index (χ2n) is 4.34. The number of thiocarbonyl (C=S) groups is 1. The zero-order chi connectivity index (χ0) is 17.7. The molecule has 11 heteroatoms. The molecular formula is C13H10FN3O4S3. The fourth-order valence-electron chi connectivity index (χ4n) is 1.68. The van der Waals surface area contributed by atoms with E-state index in [1.165, 1.54) is 12.1 Å². The van der Waals surface area contributed by atoms with Crippen molar-refractivity contribution in [2.75, 3.05) is 5.32 Å². The highest BCUT2D eigenvalue weighted by Crippen LogP contribution is 2.42. The first-order valence-corrected chi connectivity index (χ1v) is 8.21. The molecule has 7 nitrogen and oxygen atoms in total. The van der Waals surface area contributed by atoms with Crippen LogP contribution in [0.2, 0.25) is 0 Å². The van der Waals surface area contributed by atoms with Gasteiger partial charge in [-0.15, -0.1) is 0 Å². The molecule has 0 atom stereocenters. The van der Waals surface area contributed by atoms with Gasteiger partial charge in [0.25, 0.3) is 10.1 Å². The number of pyridine rings is 1. The number of thioether (sulfide) groups is 1. The van der Waals surface area contributed by atoms with Gasteiger partial charge < -0.3 is 15.5 Å². The molecule has 0 fully saturated rings. The Kier molecular flexibility index (Phi) is 6.07. The van der Waals surface area contributed by atoms with Crippen LogP contribution in [0.5, 0.6) is 0 Å². The number of anilines is 1. The number of nitro groups is 1. The molecule has 1 aromatic carbocycles. The quantitative estimate of drug-likeness (QED) is 0.226. The number of nitrogens with one attached hydrogen (secondary N) is 1. The number of aliphatic hydroxyl groups is 2. The summed E-state index contributed by atoms with van der Waals surface area (Å²) in [6.45, 7) is 0. The molecular weight excluding hydrogens is 377 g/mol. The summed E-state index contributed by atoms with van der Waals surface area (Å²) in [5, 5.41) is 32.6. The van der Waals surface area contributed by atoms with Crippen LogP contribution in [0.4, 0.5) is 15.3 Å². The fraction of sp³-hybridized carbons (Fsp3) is 0.0769. The number of rotatable bonds is 6. The molecule has 0 aliphatic carbocycles. The number of benzene rings is 1. The van der Waals surface area contributed by atoms with E-state index in [-0.39, 0.29) is 21.6 Å². The molecule has 0 spiro atoms. The van der Waals surface area contributed by atoms with Crippen molar-refractivity contribution in [2.24, 2.45) is 0 Å². The molecule has 126 valence electrons. The van der Waals surface area contributed by atoms with Crippen molar-refractivity contribution < 1.29 is 19.0 Å². The second kappa shape index (κ2) is 7.85. The van der Waals surface area contributed by atoms with Gasteiger partial charge in [-0.3, -0.25) is 15.1 Å². The number of nitrogens with zero attached hydrogens (tertiary/aromatic N) is 2. The maximum atomic E-state index is 12.5. The summed E-state index contributed by atoms with van der Waals surface area (Å²) >= 11 is 4.64. The van der Waals surface area contributed by atoms with Crippen molar-refractivity contribution in [3.63, 3.8) is 0 Å². The number of aromatic nitrogens is 1. The lowest BCUT2D eigenvalue weighted by Crippen LogP contribution is -2.16. The Hall–Kier alpha value is -1.79. The Morgan fingerprint density at radius 3 is 2.71 bits per heavy atom. The summed E-state index contributed by atoms with van der Waals surface area (Å²) in [4.78, 5) is 14.5. The van der Waals surface area contributed by atoms with Crippen molar-refractivity contribution in [3.8, 4) is 0 Å². The van der Waals surface area contributed by atoms with Gasteiger partial charge in [0.15, 0.2) is 0 Å². The SMILES string of the molecule is O=[N+]([O-])c1ccc(NC(=S)c2ccccn2)cc1SC(O)(O)SF. The van der Waals surface area contributed by atoms with Crippen LogP contribution in [-0.2, 0) is 0 Å². The molecule has 0 amide bonds. The van der Waals surface area contributed by atoms with Crippen molar-refractivity contribution >= 4 is 52.5 Å². The standard InChI is InChI=1S/C13H10FN3O4S3/c14-24-13(18,19)23-11-7-8(4-5-10(11)17(20)21)16-12(22)9-3-1-2-6-15-9/h1-7,18-19H,(H,16,22). The molecule has 0 aliphatic rings. The molecule has 0 bridgehead atoms. The van der Waals surface area contributed by atoms with Gasteiger partial charge in [0.1, 0.15) is 17.1 Å². The van der Waals surface area contributed by atoms with Crippen LogP contribution in [0.15, 0.2) is 47.5 Å². The van der Waals surface area contributed by atoms with E-state index in [9.17, 15) is 24.2 Å². The molecule has 24 heavy (non-hydrogen) atoms. The second-order valence-corrected chi connectivity index (χ2v) is 6.94. The molecule has 0 saturated carbocycles. The zero-order valence-corrected chi connectivity index (χ0v) is 14.2. The smallest absolute Gasteiger partial charge is 0.300 e. The van der Waals surface area contributed by atoms with Crippen LogP contribution in [0, 0.1) is 10.1 Å². The van der Waals surface area contributed by atoms with Crippen LogP contribution >= 0.6 is 36.1 Å². The molecule has 0 unspecified atom stereocenters. The average molecular weight is 387 g/mol. The van der Waals surface area contributed by atoms with Crippen LogP contribution in [0.25, 0.3) is 0 Å². The third-order valence-electron chi connectivity index (χ3n) is 2.66. The Balaban J connectivity index is 2.29. The maximum Gasteiger partial charge on any atom is 0.300 e. The lowest BCUT2D eigenvalue weighted by molar-refractivity contribution is -0.387. The summed E-state index contributed by atoms with van der Waals surface area (Å²) < 4.78 is 9.66. The van der Waals surface area contributed by atoms with Crippen molar-refractivity contribution in [2.45, 2.75) is 9.35 Å². The largest absolute Gasteiger partial charge is 0.347 e. The van der Waals surface area contributed by atoms with E-state index < -0.39 is 27.2 Å². The summed E-state index contributed by atoms with van der Waals surface area (Å²) in [6, 6.07) is 8.99. The third kappa shape index (κ3) is 4.85. The Bertz CT molecular complexity index is 761. The molecule has 1 heterocycles. The third-order valence-corrected chi connectivity index (χ3v) is 4.42. The molecule has 2 rings (SSSR count). The van der Waals surface area contributed by atoms with Crippen molar-refractivity contribution in [3.05, 3.63) is 58.4 Å². The number of nitro benzene ring substituents is 1. The number of hydrogen-bond donors (Lipinski definition) is 3. The lowest BCUT2D eigenvalue weighted by atomic mass is 10.2. The van der Waals surface area contributed by atoms with Crippen LogP contribution < -0.4 is 5.32 Å². The van der Waals surface area contributed by atoms with Crippen LogP contribution in [-0.4, -0.2) is 29.6 Å². The summed E-state index contributed by atoms with van der Waals surface area (Å²) in [7, 11) is 0. The van der Waals surface area contributed by atoms with E-state index in [1.807, 2.05) is 0 Å². The predicted molar refractivity (Wildman–Crippen MR) is 94.4 cm³/mol. The van der Waals surface area contributed by atoms with Gasteiger partial charge in [-0.05, 0) is 36.0 Å². The summed E-state index contributed by atoms with van der Waals surface area (Å²) in [5.41, 5.74) is 0.465. The molecule has 1 aromatic heterocycles. The predicted octanol–water partition coefficient (Wildman–Crippen LogP) is 3.08. The topological polar surface area (TPSA) is 109 Å². The summed E-state index contributed by atoms with van der Waals surface area (Å²) in [6.07, 6.45) is 1.56. The Labute approximate surface area is 149 Å². The minimum atomic E-state index is -2.84. The first-order chi connectivity index (χ1) is 11.3. The minimum Gasteiger partial charge on any atom is -0.347 e. The molecule has 0 aliphatic heterocycles. The average Bonchev–Trinajstić information content (AvgIpc) is 2.55. The van der Waals surface area contributed by atoms with Crippen molar-refractivity contribution in [1.29, 1.82) is 0 Å². The maximum absolute atomic E-state index is 12.5. The van der Waals surface area contributed by atoms with Gasteiger partial charge >= 0.3 is 0 Å². The monoisotopic (exact) mass is 387 g/mol. The van der Waals surface area contributed by atoms with Gasteiger partial charge in [0, 0.05) is 18.0 Å². The molecule has 0 radical (unpaired) electrons. The van der Waals surface area contributed by atoms with Crippen LogP contribution in [0.1, 0.15) is 5.69 Å². The van der Waals surface area contributed by atoms with E-state index in [1.54, 1.807) is 24.4 Å². The van der Waals surface area contributed by atoms with E-state index in [0.29, 0.717) is 11.4 Å². The highest BCUT2D eigenvalue weighted by atomic mass is 32.2. The number of halogens is 1. The summed E-state index contributed by atoms with van der Waals surface area (Å²) in [5.74, 6) is 0. The first-order valence-electron chi connectivity index (χ1n) is 6.27. The Morgan fingerprint density at radius 1 is 1.38 bits per heavy atom. The molecule has 2 aromatic rings. The minimum absolute atomic E-state index is 0.135. The lowest BCUT2D eigenvalue weighted by Gasteiger charge is -2.15. The van der Waals surface area contributed by atoms with E-state index in [0.717, 1.165) is 6.07 Å². The zero-order valence-electron chi connectivity index (χ0n) is 11.7. The molecule has 3 N–H and O–H groups in total. The van der Waals surface area contributed by atoms with Crippen LogP contribution in [0.3, 0.4) is 0 Å². The van der Waals surface area contributed by atoms with E-state index >= 15 is 0 Å². The number of hydrogen-bond acceptors (Lipinski definition) is 8. The fourth-order valence-corrected chi connectivity index (χ4v) is 3.03. The Morgan fingerprint density at radius 2 is 2.12 bits per heavy atom. The van der Waals surface area contributed by atoms with Gasteiger partial charge in [-0.25, -0.2) is 0 Å². The normalized spacial score (nSPS) is 11.1. The van der Waals surface area contributed by atoms with E-state index in [4.69, 9.17) is 12.2 Å². The highest BCUT2D eigenvalue weighted by Gasteiger charge is 2.31. The van der Waals surface area contributed by atoms with Gasteiger partial charge in [0.2, 0.25) is 0 Å². The first kappa shape index (κ1) is 18.5. The van der Waals surface area contributed by atoms with Crippen molar-refractivity contribution in [1.82, 2.24) is 4.98 Å². The van der Waals surface area contributed by atoms with E-state index in [2.05, 4.69) is 10.3 Å². The highest BCUT2D eigenvalue weighted by molar-refractivity contribution is 8.15. The van der Waals surface area contributed by atoms with Gasteiger partial charge in [-0.2, -0.15) is 3.89 Å². The molecule has 0 saturated heterocycles.